The van der Waals surface area contributed by atoms with E-state index in [0.717, 1.165) is 10.5 Å². The van der Waals surface area contributed by atoms with Crippen LogP contribution in [-0.4, -0.2) is 4.98 Å². The van der Waals surface area contributed by atoms with Crippen molar-refractivity contribution < 1.29 is 0 Å². The van der Waals surface area contributed by atoms with Gasteiger partial charge in [0.25, 0.3) is 0 Å². The highest BCUT2D eigenvalue weighted by atomic mass is 32.1. The third-order valence-corrected chi connectivity index (χ3v) is 4.49. The molecule has 0 unspecified atom stereocenters. The number of hydrogen-bond acceptors (Lipinski definition) is 2. The molecule has 0 aliphatic heterocycles. The molecule has 2 heteroatoms. The minimum Gasteiger partial charge on any atom is -0.241 e. The number of fused-ring (bicyclic) bond motifs is 1. The molecule has 0 amide bonds. The number of nitrogens with zero attached hydrogens (tertiary/aromatic N) is 1. The summed E-state index contributed by atoms with van der Waals surface area (Å²) in [5.41, 5.74) is 5.18. The Labute approximate surface area is 124 Å². The van der Waals surface area contributed by atoms with E-state index in [9.17, 15) is 0 Å². The first-order chi connectivity index (χ1) is 9.47. The van der Waals surface area contributed by atoms with Gasteiger partial charge < -0.3 is 0 Å². The van der Waals surface area contributed by atoms with Crippen LogP contribution < -0.4 is 0 Å². The summed E-state index contributed by atoms with van der Waals surface area (Å²) < 4.78 is 1.27. The standard InChI is InChI=1S/C18H19NS/c1-12-19-17-14(9-7-11-16(17)20-12)13-8-5-6-10-15(13)18(2,3)4/h5-11H,1-4H3. The van der Waals surface area contributed by atoms with Gasteiger partial charge in [-0.15, -0.1) is 11.3 Å². The summed E-state index contributed by atoms with van der Waals surface area (Å²) in [6, 6.07) is 15.2. The van der Waals surface area contributed by atoms with Gasteiger partial charge in [-0.05, 0) is 29.5 Å². The minimum atomic E-state index is 0.129. The maximum Gasteiger partial charge on any atom is 0.0908 e. The third-order valence-electron chi connectivity index (χ3n) is 3.55. The van der Waals surface area contributed by atoms with Crippen molar-refractivity contribution in [3.05, 3.63) is 53.0 Å². The van der Waals surface area contributed by atoms with Crippen LogP contribution in [0.15, 0.2) is 42.5 Å². The fraction of sp³-hybridized carbons (Fsp3) is 0.278. The van der Waals surface area contributed by atoms with E-state index in [1.54, 1.807) is 11.3 Å². The van der Waals surface area contributed by atoms with Crippen molar-refractivity contribution in [3.63, 3.8) is 0 Å². The maximum atomic E-state index is 4.73. The Bertz CT molecular complexity index is 762. The van der Waals surface area contributed by atoms with E-state index in [1.807, 2.05) is 0 Å². The zero-order valence-electron chi connectivity index (χ0n) is 12.4. The Hall–Kier alpha value is -1.67. The Balaban J connectivity index is 2.32. The number of aromatic nitrogens is 1. The second-order valence-electron chi connectivity index (χ2n) is 6.18. The Morgan fingerprint density at radius 3 is 2.35 bits per heavy atom. The van der Waals surface area contributed by atoms with Crippen molar-refractivity contribution in [2.75, 3.05) is 0 Å². The van der Waals surface area contributed by atoms with E-state index < -0.39 is 0 Å². The van der Waals surface area contributed by atoms with E-state index in [1.165, 1.54) is 21.4 Å². The molecule has 0 atom stereocenters. The topological polar surface area (TPSA) is 12.9 Å². The lowest BCUT2D eigenvalue weighted by Crippen LogP contribution is -2.12. The Morgan fingerprint density at radius 2 is 1.60 bits per heavy atom. The van der Waals surface area contributed by atoms with Crippen molar-refractivity contribution >= 4 is 21.6 Å². The molecule has 0 N–H and O–H groups in total. The summed E-state index contributed by atoms with van der Waals surface area (Å²) in [4.78, 5) is 4.73. The molecule has 0 aliphatic rings. The van der Waals surface area contributed by atoms with E-state index in [0.29, 0.717) is 0 Å². The predicted octanol–water partition coefficient (Wildman–Crippen LogP) is 5.57. The van der Waals surface area contributed by atoms with Crippen LogP contribution in [0, 0.1) is 6.92 Å². The Kier molecular flexibility index (Phi) is 3.14. The van der Waals surface area contributed by atoms with Crippen molar-refractivity contribution in [3.8, 4) is 11.1 Å². The molecule has 1 aromatic heterocycles. The number of rotatable bonds is 1. The highest BCUT2D eigenvalue weighted by Gasteiger charge is 2.19. The van der Waals surface area contributed by atoms with E-state index >= 15 is 0 Å². The number of benzene rings is 2. The molecular weight excluding hydrogens is 262 g/mol. The lowest BCUT2D eigenvalue weighted by molar-refractivity contribution is 0.592. The lowest BCUT2D eigenvalue weighted by Gasteiger charge is -2.23. The van der Waals surface area contributed by atoms with Crippen LogP contribution in [0.3, 0.4) is 0 Å². The van der Waals surface area contributed by atoms with Crippen LogP contribution in [0.1, 0.15) is 31.3 Å². The van der Waals surface area contributed by atoms with Gasteiger partial charge in [0.2, 0.25) is 0 Å². The molecule has 1 nitrogen and oxygen atoms in total. The zero-order chi connectivity index (χ0) is 14.3. The molecule has 20 heavy (non-hydrogen) atoms. The SMILES string of the molecule is Cc1nc2c(-c3ccccc3C(C)(C)C)cccc2s1. The van der Waals surface area contributed by atoms with Gasteiger partial charge in [0.15, 0.2) is 0 Å². The average Bonchev–Trinajstić information content (AvgIpc) is 2.77. The number of para-hydroxylation sites is 1. The molecule has 1 heterocycles. The molecule has 0 saturated carbocycles. The first kappa shape index (κ1) is 13.3. The maximum absolute atomic E-state index is 4.73. The van der Waals surface area contributed by atoms with E-state index in [4.69, 9.17) is 4.98 Å². The summed E-state index contributed by atoms with van der Waals surface area (Å²) in [7, 11) is 0. The van der Waals surface area contributed by atoms with Crippen molar-refractivity contribution in [2.45, 2.75) is 33.1 Å². The quantitative estimate of drug-likeness (QED) is 0.568. The summed E-state index contributed by atoms with van der Waals surface area (Å²) in [6.45, 7) is 8.86. The molecule has 3 rings (SSSR count). The van der Waals surface area contributed by atoms with Crippen LogP contribution >= 0.6 is 11.3 Å². The third kappa shape index (κ3) is 2.25. The second kappa shape index (κ2) is 4.71. The number of thiazole rings is 1. The summed E-state index contributed by atoms with van der Waals surface area (Å²) in [5.74, 6) is 0. The van der Waals surface area contributed by atoms with Crippen LogP contribution in [0.25, 0.3) is 21.3 Å². The van der Waals surface area contributed by atoms with E-state index in [2.05, 4.69) is 70.2 Å². The van der Waals surface area contributed by atoms with Crippen LogP contribution in [0.4, 0.5) is 0 Å². The largest absolute Gasteiger partial charge is 0.241 e. The van der Waals surface area contributed by atoms with Gasteiger partial charge in [0, 0.05) is 5.56 Å². The average molecular weight is 281 g/mol. The van der Waals surface area contributed by atoms with Gasteiger partial charge >= 0.3 is 0 Å². The molecule has 0 saturated heterocycles. The van der Waals surface area contributed by atoms with Crippen molar-refractivity contribution in [1.29, 1.82) is 0 Å². The van der Waals surface area contributed by atoms with Crippen molar-refractivity contribution in [1.82, 2.24) is 4.98 Å². The number of aryl methyl sites for hydroxylation is 1. The van der Waals surface area contributed by atoms with Gasteiger partial charge in [-0.3, -0.25) is 0 Å². The predicted molar refractivity (Wildman–Crippen MR) is 88.5 cm³/mol. The van der Waals surface area contributed by atoms with Gasteiger partial charge in [0.05, 0.1) is 15.2 Å². The second-order valence-corrected chi connectivity index (χ2v) is 7.42. The lowest BCUT2D eigenvalue weighted by atomic mass is 9.82. The highest BCUT2D eigenvalue weighted by Crippen LogP contribution is 2.37. The molecule has 0 fully saturated rings. The minimum absolute atomic E-state index is 0.129. The van der Waals surface area contributed by atoms with Gasteiger partial charge in [-0.25, -0.2) is 4.98 Å². The van der Waals surface area contributed by atoms with Gasteiger partial charge in [-0.1, -0.05) is 57.2 Å². The molecule has 102 valence electrons. The van der Waals surface area contributed by atoms with Gasteiger partial charge in [0.1, 0.15) is 0 Å². The van der Waals surface area contributed by atoms with Crippen LogP contribution in [0.2, 0.25) is 0 Å². The summed E-state index contributed by atoms with van der Waals surface area (Å²) in [6.07, 6.45) is 0. The molecule has 2 aromatic carbocycles. The normalized spacial score (nSPS) is 12.0. The number of hydrogen-bond donors (Lipinski definition) is 0. The monoisotopic (exact) mass is 281 g/mol. The van der Waals surface area contributed by atoms with Crippen molar-refractivity contribution in [2.24, 2.45) is 0 Å². The zero-order valence-corrected chi connectivity index (χ0v) is 13.2. The van der Waals surface area contributed by atoms with Gasteiger partial charge in [-0.2, -0.15) is 0 Å². The fourth-order valence-corrected chi connectivity index (χ4v) is 3.50. The van der Waals surface area contributed by atoms with E-state index in [-0.39, 0.29) is 5.41 Å². The Morgan fingerprint density at radius 1 is 0.900 bits per heavy atom. The summed E-state index contributed by atoms with van der Waals surface area (Å²) >= 11 is 1.76. The highest BCUT2D eigenvalue weighted by molar-refractivity contribution is 7.18. The first-order valence-electron chi connectivity index (χ1n) is 6.93. The summed E-state index contributed by atoms with van der Waals surface area (Å²) in [5, 5.41) is 1.13. The molecule has 0 bridgehead atoms. The fourth-order valence-electron chi connectivity index (χ4n) is 2.65. The molecular formula is C18H19NS. The molecule has 0 spiro atoms. The first-order valence-corrected chi connectivity index (χ1v) is 7.74. The molecule has 3 aromatic rings. The molecule has 0 aliphatic carbocycles. The molecule has 0 radical (unpaired) electrons. The van der Waals surface area contributed by atoms with Crippen LogP contribution in [0.5, 0.6) is 0 Å². The smallest absolute Gasteiger partial charge is 0.0908 e. The van der Waals surface area contributed by atoms with Crippen LogP contribution in [-0.2, 0) is 5.41 Å².